The van der Waals surface area contributed by atoms with E-state index in [0.717, 1.165) is 29.5 Å². The van der Waals surface area contributed by atoms with Crippen LogP contribution >= 0.6 is 11.3 Å². The molecule has 2 aliphatic rings. The predicted molar refractivity (Wildman–Crippen MR) is 82.4 cm³/mol. The minimum Gasteiger partial charge on any atom is -0.396 e. The third kappa shape index (κ3) is 2.01. The predicted octanol–water partition coefficient (Wildman–Crippen LogP) is 2.27. The molecule has 1 saturated heterocycles. The number of hydrogen-bond donors (Lipinski definition) is 1. The normalized spacial score (nSPS) is 25.2. The van der Waals surface area contributed by atoms with Gasteiger partial charge in [0.2, 0.25) is 0 Å². The van der Waals surface area contributed by atoms with Crippen molar-refractivity contribution < 1.29 is 9.53 Å². The molecular formula is C15H17N3O2S. The number of fused-ring (bicyclic) bond motifs is 2. The van der Waals surface area contributed by atoms with Crippen molar-refractivity contribution >= 4 is 33.1 Å². The number of ether oxygens (including phenoxy) is 1. The first-order chi connectivity index (χ1) is 10.3. The van der Waals surface area contributed by atoms with Crippen LogP contribution in [0.25, 0.3) is 10.2 Å². The van der Waals surface area contributed by atoms with Crippen LogP contribution in [0.2, 0.25) is 0 Å². The van der Waals surface area contributed by atoms with Gasteiger partial charge in [0.25, 0.3) is 5.91 Å². The maximum atomic E-state index is 12.9. The number of morpholine rings is 1. The lowest BCUT2D eigenvalue weighted by Crippen LogP contribution is -2.51. The highest BCUT2D eigenvalue weighted by atomic mass is 32.1. The zero-order valence-electron chi connectivity index (χ0n) is 11.6. The molecule has 0 spiro atoms. The summed E-state index contributed by atoms with van der Waals surface area (Å²) in [5.41, 5.74) is 7.41. The largest absolute Gasteiger partial charge is 0.396 e. The third-order valence-electron chi connectivity index (χ3n) is 4.42. The molecular weight excluding hydrogens is 286 g/mol. The molecule has 1 amide bonds. The average molecular weight is 303 g/mol. The van der Waals surface area contributed by atoms with Crippen LogP contribution in [0, 0.1) is 0 Å². The zero-order chi connectivity index (χ0) is 14.4. The summed E-state index contributed by atoms with van der Waals surface area (Å²) in [5, 5.41) is 0. The first-order valence-electron chi connectivity index (χ1n) is 7.31. The number of hydrogen-bond acceptors (Lipinski definition) is 5. The van der Waals surface area contributed by atoms with Crippen molar-refractivity contribution in [1.29, 1.82) is 0 Å². The van der Waals surface area contributed by atoms with E-state index in [0.29, 0.717) is 23.7 Å². The number of thiophene rings is 1. The van der Waals surface area contributed by atoms with E-state index >= 15 is 0 Å². The summed E-state index contributed by atoms with van der Waals surface area (Å²) >= 11 is 1.44. The van der Waals surface area contributed by atoms with Gasteiger partial charge in [-0.25, -0.2) is 0 Å². The van der Waals surface area contributed by atoms with Gasteiger partial charge >= 0.3 is 0 Å². The van der Waals surface area contributed by atoms with Gasteiger partial charge in [0.15, 0.2) is 0 Å². The second kappa shape index (κ2) is 4.96. The van der Waals surface area contributed by atoms with Gasteiger partial charge in [-0.3, -0.25) is 9.78 Å². The van der Waals surface area contributed by atoms with Gasteiger partial charge in [0.1, 0.15) is 10.4 Å². The van der Waals surface area contributed by atoms with Crippen LogP contribution in [0.15, 0.2) is 18.3 Å². The van der Waals surface area contributed by atoms with Crippen LogP contribution in [0.3, 0.4) is 0 Å². The van der Waals surface area contributed by atoms with E-state index in [-0.39, 0.29) is 18.1 Å². The molecule has 5 nitrogen and oxygen atoms in total. The molecule has 2 N–H and O–H groups in total. The van der Waals surface area contributed by atoms with E-state index in [1.54, 1.807) is 6.20 Å². The molecule has 3 heterocycles. The molecule has 0 aromatic carbocycles. The number of amides is 1. The summed E-state index contributed by atoms with van der Waals surface area (Å²) in [7, 11) is 0. The topological polar surface area (TPSA) is 68.5 Å². The Morgan fingerprint density at radius 1 is 1.48 bits per heavy atom. The molecule has 1 aliphatic carbocycles. The summed E-state index contributed by atoms with van der Waals surface area (Å²) in [4.78, 5) is 19.8. The van der Waals surface area contributed by atoms with Gasteiger partial charge < -0.3 is 15.4 Å². The number of carbonyl (C=O) groups is 1. The quantitative estimate of drug-likeness (QED) is 0.877. The number of nitrogens with two attached hydrogens (primary N) is 1. The smallest absolute Gasteiger partial charge is 0.266 e. The van der Waals surface area contributed by atoms with Gasteiger partial charge in [-0.1, -0.05) is 0 Å². The number of rotatable bonds is 1. The molecule has 110 valence electrons. The van der Waals surface area contributed by atoms with E-state index in [2.05, 4.69) is 4.98 Å². The van der Waals surface area contributed by atoms with Crippen molar-refractivity contribution in [2.45, 2.75) is 31.4 Å². The van der Waals surface area contributed by atoms with E-state index in [9.17, 15) is 4.79 Å². The van der Waals surface area contributed by atoms with Gasteiger partial charge in [0, 0.05) is 12.7 Å². The summed E-state index contributed by atoms with van der Waals surface area (Å²) < 4.78 is 6.74. The number of anilines is 1. The molecule has 21 heavy (non-hydrogen) atoms. The molecule has 6 heteroatoms. The van der Waals surface area contributed by atoms with E-state index in [1.165, 1.54) is 11.3 Å². The van der Waals surface area contributed by atoms with Crippen LogP contribution < -0.4 is 5.73 Å². The minimum atomic E-state index is 0.0377. The Morgan fingerprint density at radius 3 is 3.24 bits per heavy atom. The third-order valence-corrected chi connectivity index (χ3v) is 5.57. The van der Waals surface area contributed by atoms with E-state index in [4.69, 9.17) is 10.5 Å². The van der Waals surface area contributed by atoms with Crippen molar-refractivity contribution in [2.75, 3.05) is 18.9 Å². The van der Waals surface area contributed by atoms with Gasteiger partial charge in [-0.2, -0.15) is 0 Å². The highest BCUT2D eigenvalue weighted by molar-refractivity contribution is 7.21. The second-order valence-electron chi connectivity index (χ2n) is 5.60. The Balaban J connectivity index is 1.71. The molecule has 1 saturated carbocycles. The first-order valence-corrected chi connectivity index (χ1v) is 8.13. The lowest BCUT2D eigenvalue weighted by Gasteiger charge is -2.37. The van der Waals surface area contributed by atoms with Crippen molar-refractivity contribution in [1.82, 2.24) is 9.88 Å². The fourth-order valence-electron chi connectivity index (χ4n) is 3.41. The van der Waals surface area contributed by atoms with Crippen LogP contribution in [0.1, 0.15) is 28.9 Å². The van der Waals surface area contributed by atoms with Gasteiger partial charge in [0.05, 0.1) is 29.1 Å². The van der Waals surface area contributed by atoms with Crippen LogP contribution in [0.5, 0.6) is 0 Å². The lowest BCUT2D eigenvalue weighted by molar-refractivity contribution is -0.0443. The summed E-state index contributed by atoms with van der Waals surface area (Å²) in [5.74, 6) is 0.0377. The molecule has 2 aromatic heterocycles. The number of nitrogen functional groups attached to an aromatic ring is 1. The second-order valence-corrected chi connectivity index (χ2v) is 6.65. The zero-order valence-corrected chi connectivity index (χ0v) is 12.4. The molecule has 2 aromatic rings. The fraction of sp³-hybridized carbons (Fsp3) is 0.467. The standard InChI is InChI=1S/C15H17N3O2S/c16-12-13-11(5-2-6-17-13)21-14(12)15(19)18-7-8-20-10-4-1-3-9(10)18/h2,5-6,9-10H,1,3-4,7-8,16H2. The Morgan fingerprint density at radius 2 is 2.38 bits per heavy atom. The summed E-state index contributed by atoms with van der Waals surface area (Å²) in [6, 6.07) is 4.04. The molecule has 2 atom stereocenters. The van der Waals surface area contributed by atoms with Crippen molar-refractivity contribution in [2.24, 2.45) is 0 Å². The highest BCUT2D eigenvalue weighted by Gasteiger charge is 2.39. The Kier molecular flexibility index (Phi) is 3.08. The van der Waals surface area contributed by atoms with Crippen LogP contribution in [-0.4, -0.2) is 41.1 Å². The van der Waals surface area contributed by atoms with Crippen molar-refractivity contribution in [3.05, 3.63) is 23.2 Å². The van der Waals surface area contributed by atoms with Crippen LogP contribution in [-0.2, 0) is 4.74 Å². The lowest BCUT2D eigenvalue weighted by atomic mass is 10.1. The van der Waals surface area contributed by atoms with Crippen molar-refractivity contribution in [3.63, 3.8) is 0 Å². The number of nitrogens with zero attached hydrogens (tertiary/aromatic N) is 2. The Hall–Kier alpha value is -1.66. The Labute approximate surface area is 126 Å². The number of pyridine rings is 1. The SMILES string of the molecule is Nc1c(C(=O)N2CCOC3CCCC32)sc2cccnc12. The van der Waals surface area contributed by atoms with Gasteiger partial charge in [-0.15, -0.1) is 11.3 Å². The fourth-order valence-corrected chi connectivity index (χ4v) is 4.45. The summed E-state index contributed by atoms with van der Waals surface area (Å²) in [6.45, 7) is 1.27. The van der Waals surface area contributed by atoms with Gasteiger partial charge in [-0.05, 0) is 31.4 Å². The molecule has 2 unspecified atom stereocenters. The number of carbonyl (C=O) groups excluding carboxylic acids is 1. The molecule has 0 radical (unpaired) electrons. The minimum absolute atomic E-state index is 0.0377. The molecule has 0 bridgehead atoms. The Bertz CT molecular complexity index is 699. The number of aromatic nitrogens is 1. The summed E-state index contributed by atoms with van der Waals surface area (Å²) in [6.07, 6.45) is 5.12. The van der Waals surface area contributed by atoms with E-state index < -0.39 is 0 Å². The molecule has 2 fully saturated rings. The van der Waals surface area contributed by atoms with E-state index in [1.807, 2.05) is 17.0 Å². The van der Waals surface area contributed by atoms with Crippen molar-refractivity contribution in [3.8, 4) is 0 Å². The highest BCUT2D eigenvalue weighted by Crippen LogP contribution is 2.36. The molecule has 1 aliphatic heterocycles. The maximum Gasteiger partial charge on any atom is 0.266 e. The average Bonchev–Trinajstić information content (AvgIpc) is 3.11. The first kappa shape index (κ1) is 13.0. The maximum absolute atomic E-state index is 12.9. The van der Waals surface area contributed by atoms with Crippen LogP contribution in [0.4, 0.5) is 5.69 Å². The molecule has 4 rings (SSSR count). The monoisotopic (exact) mass is 303 g/mol.